The SMILES string of the molecule is COc1ccc(OC[C@H](O)Cn2cnc3cc(Cl)ccc3c2=O)cc1. The lowest BCUT2D eigenvalue weighted by Crippen LogP contribution is -2.30. The highest BCUT2D eigenvalue weighted by atomic mass is 35.5. The van der Waals surface area contributed by atoms with Gasteiger partial charge < -0.3 is 14.6 Å². The maximum absolute atomic E-state index is 12.4. The molecule has 1 atom stereocenters. The summed E-state index contributed by atoms with van der Waals surface area (Å²) < 4.78 is 12.0. The molecule has 0 aliphatic heterocycles. The number of aliphatic hydroxyl groups is 1. The number of rotatable bonds is 6. The normalized spacial score (nSPS) is 12.1. The summed E-state index contributed by atoms with van der Waals surface area (Å²) in [5.41, 5.74) is 0.294. The van der Waals surface area contributed by atoms with Crippen LogP contribution in [0.2, 0.25) is 5.02 Å². The van der Waals surface area contributed by atoms with Gasteiger partial charge in [-0.25, -0.2) is 4.98 Å². The summed E-state index contributed by atoms with van der Waals surface area (Å²) in [6.45, 7) is 0.137. The van der Waals surface area contributed by atoms with Gasteiger partial charge in [-0.1, -0.05) is 11.6 Å². The highest BCUT2D eigenvalue weighted by Crippen LogP contribution is 2.17. The van der Waals surface area contributed by atoms with Gasteiger partial charge in [0.05, 0.1) is 30.9 Å². The molecule has 0 saturated heterocycles. The Balaban J connectivity index is 1.67. The zero-order chi connectivity index (χ0) is 17.8. The van der Waals surface area contributed by atoms with Crippen LogP contribution in [0.15, 0.2) is 53.6 Å². The molecule has 0 fully saturated rings. The molecule has 7 heteroatoms. The number of methoxy groups -OCH3 is 1. The number of benzene rings is 2. The Kier molecular flexibility index (Phi) is 5.21. The second-order valence-electron chi connectivity index (χ2n) is 5.50. The van der Waals surface area contributed by atoms with E-state index >= 15 is 0 Å². The van der Waals surface area contributed by atoms with Gasteiger partial charge in [0.15, 0.2) is 0 Å². The molecule has 1 N–H and O–H groups in total. The third-order valence-electron chi connectivity index (χ3n) is 3.70. The second-order valence-corrected chi connectivity index (χ2v) is 5.94. The molecule has 0 bridgehead atoms. The number of aliphatic hydroxyl groups excluding tert-OH is 1. The van der Waals surface area contributed by atoms with Gasteiger partial charge in [0.1, 0.15) is 24.2 Å². The van der Waals surface area contributed by atoms with E-state index in [1.165, 1.54) is 10.9 Å². The fraction of sp³-hybridized carbons (Fsp3) is 0.222. The van der Waals surface area contributed by atoms with Crippen molar-refractivity contribution in [2.45, 2.75) is 12.6 Å². The minimum Gasteiger partial charge on any atom is -0.497 e. The van der Waals surface area contributed by atoms with Crippen molar-refractivity contribution in [3.63, 3.8) is 0 Å². The predicted octanol–water partition coefficient (Wildman–Crippen LogP) is 2.50. The molecule has 0 spiro atoms. The van der Waals surface area contributed by atoms with Gasteiger partial charge in [-0.2, -0.15) is 0 Å². The largest absolute Gasteiger partial charge is 0.497 e. The third kappa shape index (κ3) is 4.10. The van der Waals surface area contributed by atoms with E-state index in [0.29, 0.717) is 21.7 Å². The van der Waals surface area contributed by atoms with Gasteiger partial charge in [0.25, 0.3) is 5.56 Å². The molecule has 130 valence electrons. The van der Waals surface area contributed by atoms with Crippen LogP contribution in [-0.2, 0) is 6.54 Å². The summed E-state index contributed by atoms with van der Waals surface area (Å²) in [5, 5.41) is 11.1. The van der Waals surface area contributed by atoms with E-state index in [1.807, 2.05) is 0 Å². The minimum atomic E-state index is -0.855. The molecule has 3 aromatic rings. The van der Waals surface area contributed by atoms with Crippen LogP contribution in [0.25, 0.3) is 10.9 Å². The molecule has 0 unspecified atom stereocenters. The average Bonchev–Trinajstić information content (AvgIpc) is 2.62. The van der Waals surface area contributed by atoms with Gasteiger partial charge in [-0.15, -0.1) is 0 Å². The van der Waals surface area contributed by atoms with Gasteiger partial charge in [0, 0.05) is 5.02 Å². The van der Waals surface area contributed by atoms with Crippen LogP contribution in [0, 0.1) is 0 Å². The molecule has 0 aliphatic carbocycles. The Labute approximate surface area is 149 Å². The molecule has 0 amide bonds. The first-order chi connectivity index (χ1) is 12.1. The van der Waals surface area contributed by atoms with Gasteiger partial charge >= 0.3 is 0 Å². The maximum atomic E-state index is 12.4. The van der Waals surface area contributed by atoms with Crippen LogP contribution in [0.5, 0.6) is 11.5 Å². The van der Waals surface area contributed by atoms with Crippen molar-refractivity contribution in [2.24, 2.45) is 0 Å². The molecule has 1 aromatic heterocycles. The average molecular weight is 361 g/mol. The van der Waals surface area contributed by atoms with Crippen molar-refractivity contribution in [2.75, 3.05) is 13.7 Å². The van der Waals surface area contributed by atoms with Gasteiger partial charge in [-0.05, 0) is 42.5 Å². The number of fused-ring (bicyclic) bond motifs is 1. The first-order valence-electron chi connectivity index (χ1n) is 7.66. The van der Waals surface area contributed by atoms with Crippen LogP contribution in [0.4, 0.5) is 0 Å². The number of nitrogens with zero attached hydrogens (tertiary/aromatic N) is 2. The highest BCUT2D eigenvalue weighted by Gasteiger charge is 2.10. The van der Waals surface area contributed by atoms with Crippen molar-refractivity contribution >= 4 is 22.5 Å². The Morgan fingerprint density at radius 1 is 1.20 bits per heavy atom. The van der Waals surface area contributed by atoms with Crippen molar-refractivity contribution in [3.8, 4) is 11.5 Å². The lowest BCUT2D eigenvalue weighted by molar-refractivity contribution is 0.0914. The number of hydrogen-bond donors (Lipinski definition) is 1. The van der Waals surface area contributed by atoms with E-state index < -0.39 is 6.10 Å². The molecular formula is C18H17ClN2O4. The van der Waals surface area contributed by atoms with E-state index in [2.05, 4.69) is 4.98 Å². The standard InChI is InChI=1S/C18H17ClN2O4/c1-24-14-3-5-15(6-4-14)25-10-13(22)9-21-11-20-17-8-12(19)2-7-16(17)18(21)23/h2-8,11,13,22H,9-10H2,1H3/t13-/m1/s1. The number of ether oxygens (including phenoxy) is 2. The zero-order valence-electron chi connectivity index (χ0n) is 13.6. The van der Waals surface area contributed by atoms with Crippen LogP contribution in [0.1, 0.15) is 0 Å². The molecular weight excluding hydrogens is 344 g/mol. The lowest BCUT2D eigenvalue weighted by Gasteiger charge is -2.14. The second kappa shape index (κ2) is 7.55. The van der Waals surface area contributed by atoms with Gasteiger partial charge in [-0.3, -0.25) is 9.36 Å². The highest BCUT2D eigenvalue weighted by molar-refractivity contribution is 6.31. The molecule has 1 heterocycles. The molecule has 0 radical (unpaired) electrons. The van der Waals surface area contributed by atoms with Crippen molar-refractivity contribution < 1.29 is 14.6 Å². The molecule has 0 saturated carbocycles. The Morgan fingerprint density at radius 2 is 1.92 bits per heavy atom. The molecule has 0 aliphatic rings. The van der Waals surface area contributed by atoms with Crippen molar-refractivity contribution in [1.82, 2.24) is 9.55 Å². The molecule has 6 nitrogen and oxygen atoms in total. The summed E-state index contributed by atoms with van der Waals surface area (Å²) >= 11 is 5.90. The van der Waals surface area contributed by atoms with E-state index in [0.717, 1.165) is 5.75 Å². The monoisotopic (exact) mass is 360 g/mol. The first kappa shape index (κ1) is 17.3. The summed E-state index contributed by atoms with van der Waals surface area (Å²) in [4.78, 5) is 16.6. The van der Waals surface area contributed by atoms with Crippen LogP contribution in [0.3, 0.4) is 0 Å². The Hall–Kier alpha value is -2.57. The quantitative estimate of drug-likeness (QED) is 0.731. The van der Waals surface area contributed by atoms with Gasteiger partial charge in [0.2, 0.25) is 0 Å². The Bertz CT molecular complexity index is 925. The van der Waals surface area contributed by atoms with E-state index in [4.69, 9.17) is 21.1 Å². The smallest absolute Gasteiger partial charge is 0.261 e. The van der Waals surface area contributed by atoms with Crippen LogP contribution in [-0.4, -0.2) is 34.5 Å². The molecule has 25 heavy (non-hydrogen) atoms. The number of hydrogen-bond acceptors (Lipinski definition) is 5. The fourth-order valence-electron chi connectivity index (χ4n) is 2.41. The van der Waals surface area contributed by atoms with Crippen LogP contribution < -0.4 is 15.0 Å². The topological polar surface area (TPSA) is 73.6 Å². The minimum absolute atomic E-state index is 0.0530. The van der Waals surface area contributed by atoms with Crippen LogP contribution >= 0.6 is 11.6 Å². The molecule has 3 rings (SSSR count). The van der Waals surface area contributed by atoms with E-state index in [9.17, 15) is 9.90 Å². The van der Waals surface area contributed by atoms with Crippen molar-refractivity contribution in [1.29, 1.82) is 0 Å². The summed E-state index contributed by atoms with van der Waals surface area (Å²) in [6.07, 6.45) is 0.545. The zero-order valence-corrected chi connectivity index (χ0v) is 14.3. The lowest BCUT2D eigenvalue weighted by atomic mass is 10.2. The summed E-state index contributed by atoms with van der Waals surface area (Å²) in [5.74, 6) is 1.33. The maximum Gasteiger partial charge on any atom is 0.261 e. The summed E-state index contributed by atoms with van der Waals surface area (Å²) in [6, 6.07) is 11.9. The first-order valence-corrected chi connectivity index (χ1v) is 8.04. The molecule has 2 aromatic carbocycles. The van der Waals surface area contributed by atoms with E-state index in [-0.39, 0.29) is 18.7 Å². The number of halogens is 1. The Morgan fingerprint density at radius 3 is 2.64 bits per heavy atom. The number of aromatic nitrogens is 2. The fourth-order valence-corrected chi connectivity index (χ4v) is 2.57. The van der Waals surface area contributed by atoms with Crippen molar-refractivity contribution in [3.05, 3.63) is 64.2 Å². The third-order valence-corrected chi connectivity index (χ3v) is 3.93. The van der Waals surface area contributed by atoms with E-state index in [1.54, 1.807) is 49.6 Å². The predicted molar refractivity (Wildman–Crippen MR) is 95.5 cm³/mol. The summed E-state index contributed by atoms with van der Waals surface area (Å²) in [7, 11) is 1.59.